The first-order valence-electron chi connectivity index (χ1n) is 11.1. The number of nitrogens with zero attached hydrogens (tertiary/aromatic N) is 1. The molecule has 1 aliphatic carbocycles. The van der Waals surface area contributed by atoms with Crippen LogP contribution in [0.3, 0.4) is 0 Å². The normalized spacial score (nSPS) is 15.4. The predicted molar refractivity (Wildman–Crippen MR) is 125 cm³/mol. The first-order valence-corrected chi connectivity index (χ1v) is 11.1. The smallest absolute Gasteiger partial charge is 0.231 e. The van der Waals surface area contributed by atoms with Crippen molar-refractivity contribution >= 4 is 11.6 Å². The van der Waals surface area contributed by atoms with Crippen molar-refractivity contribution in [3.05, 3.63) is 88.7 Å². The zero-order chi connectivity index (χ0) is 21.8. The fourth-order valence-electron chi connectivity index (χ4n) is 4.31. The van der Waals surface area contributed by atoms with Gasteiger partial charge < -0.3 is 10.1 Å². The maximum Gasteiger partial charge on any atom is 0.231 e. The molecule has 3 aromatic rings. The molecular formula is C27H30N2O2. The molecule has 160 valence electrons. The van der Waals surface area contributed by atoms with E-state index < -0.39 is 0 Å². The van der Waals surface area contributed by atoms with Gasteiger partial charge in [0.2, 0.25) is 5.91 Å². The number of benzene rings is 2. The molecule has 1 aliphatic rings. The highest BCUT2D eigenvalue weighted by Crippen LogP contribution is 2.39. The Labute approximate surface area is 184 Å². The highest BCUT2D eigenvalue weighted by atomic mass is 16.5. The summed E-state index contributed by atoms with van der Waals surface area (Å²) in [6.45, 7) is 6.84. The highest BCUT2D eigenvalue weighted by Gasteiger charge is 2.30. The third kappa shape index (κ3) is 4.79. The molecular weight excluding hydrogens is 384 g/mol. The van der Waals surface area contributed by atoms with E-state index in [4.69, 9.17) is 4.74 Å². The number of hydrogen-bond acceptors (Lipinski definition) is 3. The van der Waals surface area contributed by atoms with Gasteiger partial charge in [-0.2, -0.15) is 0 Å². The molecule has 0 saturated heterocycles. The molecule has 1 amide bonds. The van der Waals surface area contributed by atoms with E-state index in [1.807, 2.05) is 36.4 Å². The second kappa shape index (κ2) is 9.34. The molecule has 0 bridgehead atoms. The number of anilines is 1. The van der Waals surface area contributed by atoms with E-state index in [1.165, 1.54) is 5.56 Å². The quantitative estimate of drug-likeness (QED) is 0.526. The van der Waals surface area contributed by atoms with Crippen LogP contribution in [0.5, 0.6) is 5.75 Å². The number of carbonyl (C=O) groups is 1. The van der Waals surface area contributed by atoms with Gasteiger partial charge in [-0.05, 0) is 72.6 Å². The van der Waals surface area contributed by atoms with E-state index in [2.05, 4.69) is 49.3 Å². The number of carbonyl (C=O) groups excluding carboxylic acids is 1. The minimum Gasteiger partial charge on any atom is -0.489 e. The van der Waals surface area contributed by atoms with Gasteiger partial charge in [0.25, 0.3) is 0 Å². The predicted octanol–water partition coefficient (Wildman–Crippen LogP) is 6.15. The molecule has 0 aliphatic heterocycles. The van der Waals surface area contributed by atoms with Crippen LogP contribution in [0.15, 0.2) is 60.8 Å². The molecule has 1 atom stereocenters. The SMILES string of the molecule is Cc1ccc(OCc2ccccc2)c2c1C(C(=O)Nc1ccc(C(C)C)nc1)CCC2. The molecule has 1 aromatic heterocycles. The Balaban J connectivity index is 1.54. The van der Waals surface area contributed by atoms with Crippen molar-refractivity contribution in [3.63, 3.8) is 0 Å². The number of aromatic nitrogens is 1. The van der Waals surface area contributed by atoms with Crippen LogP contribution >= 0.6 is 0 Å². The molecule has 31 heavy (non-hydrogen) atoms. The largest absolute Gasteiger partial charge is 0.489 e. The number of hydrogen-bond donors (Lipinski definition) is 1. The summed E-state index contributed by atoms with van der Waals surface area (Å²) in [6, 6.07) is 18.2. The molecule has 0 saturated carbocycles. The average Bonchev–Trinajstić information content (AvgIpc) is 2.79. The van der Waals surface area contributed by atoms with Crippen LogP contribution in [0.4, 0.5) is 5.69 Å². The maximum absolute atomic E-state index is 13.2. The lowest BCUT2D eigenvalue weighted by atomic mass is 9.79. The summed E-state index contributed by atoms with van der Waals surface area (Å²) in [5, 5.41) is 3.08. The average molecular weight is 415 g/mol. The maximum atomic E-state index is 13.2. The van der Waals surface area contributed by atoms with Gasteiger partial charge in [0.1, 0.15) is 12.4 Å². The van der Waals surface area contributed by atoms with Gasteiger partial charge >= 0.3 is 0 Å². The Morgan fingerprint density at radius 2 is 1.94 bits per heavy atom. The number of rotatable bonds is 6. The second-order valence-corrected chi connectivity index (χ2v) is 8.61. The minimum atomic E-state index is -0.172. The van der Waals surface area contributed by atoms with Gasteiger partial charge in [0, 0.05) is 5.69 Å². The van der Waals surface area contributed by atoms with Crippen molar-refractivity contribution in [2.75, 3.05) is 5.32 Å². The van der Waals surface area contributed by atoms with E-state index in [9.17, 15) is 4.79 Å². The third-order valence-electron chi connectivity index (χ3n) is 6.00. The van der Waals surface area contributed by atoms with Crippen molar-refractivity contribution < 1.29 is 9.53 Å². The lowest BCUT2D eigenvalue weighted by Crippen LogP contribution is -2.26. The van der Waals surface area contributed by atoms with Gasteiger partial charge in [-0.1, -0.05) is 50.2 Å². The van der Waals surface area contributed by atoms with Gasteiger partial charge in [-0.3, -0.25) is 9.78 Å². The van der Waals surface area contributed by atoms with E-state index in [0.29, 0.717) is 12.5 Å². The van der Waals surface area contributed by atoms with Gasteiger partial charge in [-0.25, -0.2) is 0 Å². The molecule has 4 heteroatoms. The van der Waals surface area contributed by atoms with Gasteiger partial charge in [0.05, 0.1) is 17.8 Å². The third-order valence-corrected chi connectivity index (χ3v) is 6.00. The summed E-state index contributed by atoms with van der Waals surface area (Å²) >= 11 is 0. The zero-order valence-corrected chi connectivity index (χ0v) is 18.5. The zero-order valence-electron chi connectivity index (χ0n) is 18.5. The fraction of sp³-hybridized carbons (Fsp3) is 0.333. The molecule has 0 spiro atoms. The molecule has 0 radical (unpaired) electrons. The monoisotopic (exact) mass is 414 g/mol. The Morgan fingerprint density at radius 3 is 2.65 bits per heavy atom. The number of fused-ring (bicyclic) bond motifs is 1. The van der Waals surface area contributed by atoms with Gasteiger partial charge in [0.15, 0.2) is 0 Å². The highest BCUT2D eigenvalue weighted by molar-refractivity contribution is 5.96. The van der Waals surface area contributed by atoms with Crippen LogP contribution in [0.2, 0.25) is 0 Å². The first-order chi connectivity index (χ1) is 15.0. The standard InChI is InChI=1S/C27H30N2O2/c1-18(2)24-14-13-21(16-28-24)29-27(30)23-11-7-10-22-25(15-12-19(3)26(22)23)31-17-20-8-5-4-6-9-20/h4-6,8-9,12-16,18,23H,7,10-11,17H2,1-3H3,(H,29,30). The molecule has 4 nitrogen and oxygen atoms in total. The summed E-state index contributed by atoms with van der Waals surface area (Å²) < 4.78 is 6.19. The number of nitrogens with one attached hydrogen (secondary N) is 1. The number of aryl methyl sites for hydroxylation is 1. The summed E-state index contributed by atoms with van der Waals surface area (Å²) in [5.41, 5.74) is 6.36. The number of amides is 1. The van der Waals surface area contributed by atoms with Crippen LogP contribution in [0.1, 0.15) is 66.5 Å². The Morgan fingerprint density at radius 1 is 1.13 bits per heavy atom. The second-order valence-electron chi connectivity index (χ2n) is 8.61. The van der Waals surface area contributed by atoms with Crippen molar-refractivity contribution in [1.82, 2.24) is 4.98 Å². The van der Waals surface area contributed by atoms with Crippen molar-refractivity contribution in [1.29, 1.82) is 0 Å². The van der Waals surface area contributed by atoms with Crippen molar-refractivity contribution in [3.8, 4) is 5.75 Å². The minimum absolute atomic E-state index is 0.0309. The van der Waals surface area contributed by atoms with E-state index in [-0.39, 0.29) is 11.8 Å². The lowest BCUT2D eigenvalue weighted by Gasteiger charge is -2.28. The first kappa shape index (κ1) is 21.1. The molecule has 1 unspecified atom stereocenters. The Bertz CT molecular complexity index is 1040. The van der Waals surface area contributed by atoms with Crippen LogP contribution in [0.25, 0.3) is 0 Å². The molecule has 1 heterocycles. The van der Waals surface area contributed by atoms with E-state index >= 15 is 0 Å². The van der Waals surface area contributed by atoms with Crippen molar-refractivity contribution in [2.24, 2.45) is 0 Å². The topological polar surface area (TPSA) is 51.2 Å². The Hall–Kier alpha value is -3.14. The fourth-order valence-corrected chi connectivity index (χ4v) is 4.31. The summed E-state index contributed by atoms with van der Waals surface area (Å²) in [6.07, 6.45) is 4.51. The van der Waals surface area contributed by atoms with Crippen LogP contribution < -0.4 is 10.1 Å². The summed E-state index contributed by atoms with van der Waals surface area (Å²) in [4.78, 5) is 17.7. The summed E-state index contributed by atoms with van der Waals surface area (Å²) in [7, 11) is 0. The molecule has 2 aromatic carbocycles. The van der Waals surface area contributed by atoms with Crippen LogP contribution in [-0.4, -0.2) is 10.9 Å². The van der Waals surface area contributed by atoms with Crippen molar-refractivity contribution in [2.45, 2.75) is 58.5 Å². The van der Waals surface area contributed by atoms with Crippen LogP contribution in [0, 0.1) is 6.92 Å². The summed E-state index contributed by atoms with van der Waals surface area (Å²) in [5.74, 6) is 1.12. The lowest BCUT2D eigenvalue weighted by molar-refractivity contribution is -0.117. The number of pyridine rings is 1. The van der Waals surface area contributed by atoms with E-state index in [1.54, 1.807) is 6.20 Å². The van der Waals surface area contributed by atoms with Gasteiger partial charge in [-0.15, -0.1) is 0 Å². The van der Waals surface area contributed by atoms with Crippen LogP contribution in [-0.2, 0) is 17.8 Å². The molecule has 4 rings (SSSR count). The Kier molecular flexibility index (Phi) is 6.36. The molecule has 1 N–H and O–H groups in total. The number of ether oxygens (including phenoxy) is 1. The van der Waals surface area contributed by atoms with E-state index in [0.717, 1.165) is 53.1 Å². The molecule has 0 fully saturated rings.